The van der Waals surface area contributed by atoms with E-state index in [1.807, 2.05) is 30.0 Å². The SMILES string of the molecule is Cc1ccc(C(=O)N2CC3(CC(CCOCc4cccc(F)c4)CO3)C2)s1. The first-order valence-corrected chi connectivity index (χ1v) is 10.2. The summed E-state index contributed by atoms with van der Waals surface area (Å²) in [7, 11) is 0. The average molecular weight is 389 g/mol. The second kappa shape index (κ2) is 7.70. The van der Waals surface area contributed by atoms with E-state index >= 15 is 0 Å². The molecule has 2 saturated heterocycles. The van der Waals surface area contributed by atoms with E-state index < -0.39 is 0 Å². The molecule has 4 rings (SSSR count). The van der Waals surface area contributed by atoms with E-state index in [-0.39, 0.29) is 17.3 Å². The topological polar surface area (TPSA) is 38.8 Å². The largest absolute Gasteiger partial charge is 0.377 e. The fourth-order valence-corrected chi connectivity index (χ4v) is 4.74. The Morgan fingerprint density at radius 3 is 2.96 bits per heavy atom. The molecule has 3 heterocycles. The molecule has 0 radical (unpaired) electrons. The zero-order valence-electron chi connectivity index (χ0n) is 15.4. The second-order valence-electron chi connectivity index (χ2n) is 7.61. The number of hydrogen-bond acceptors (Lipinski definition) is 4. The van der Waals surface area contributed by atoms with Gasteiger partial charge in [0, 0.05) is 11.5 Å². The number of carbonyl (C=O) groups excluding carboxylic acids is 1. The third-order valence-corrected chi connectivity index (χ3v) is 6.30. The lowest BCUT2D eigenvalue weighted by molar-refractivity contribution is -0.0949. The highest BCUT2D eigenvalue weighted by molar-refractivity contribution is 7.13. The van der Waals surface area contributed by atoms with E-state index in [0.717, 1.165) is 34.8 Å². The Labute approximate surface area is 162 Å². The Balaban J connectivity index is 1.18. The van der Waals surface area contributed by atoms with E-state index in [1.54, 1.807) is 17.4 Å². The van der Waals surface area contributed by atoms with E-state index in [1.165, 1.54) is 12.1 Å². The molecule has 1 atom stereocenters. The van der Waals surface area contributed by atoms with Crippen LogP contribution in [-0.2, 0) is 16.1 Å². The smallest absolute Gasteiger partial charge is 0.264 e. The van der Waals surface area contributed by atoms with Crippen LogP contribution in [-0.4, -0.2) is 42.7 Å². The molecule has 2 aromatic rings. The number of rotatable bonds is 6. The Bertz CT molecular complexity index is 815. The van der Waals surface area contributed by atoms with E-state index in [2.05, 4.69) is 0 Å². The average Bonchev–Trinajstić information content (AvgIpc) is 3.24. The van der Waals surface area contributed by atoms with Gasteiger partial charge in [-0.15, -0.1) is 11.3 Å². The van der Waals surface area contributed by atoms with Gasteiger partial charge >= 0.3 is 0 Å². The maximum atomic E-state index is 13.2. The van der Waals surface area contributed by atoms with Crippen LogP contribution in [0, 0.1) is 18.7 Å². The summed E-state index contributed by atoms with van der Waals surface area (Å²) in [5.74, 6) is 0.340. The van der Waals surface area contributed by atoms with Crippen LogP contribution in [0.1, 0.15) is 33.0 Å². The minimum Gasteiger partial charge on any atom is -0.377 e. The zero-order valence-corrected chi connectivity index (χ0v) is 16.3. The molecule has 27 heavy (non-hydrogen) atoms. The molecule has 1 spiro atoms. The van der Waals surface area contributed by atoms with E-state index in [4.69, 9.17) is 9.47 Å². The van der Waals surface area contributed by atoms with Crippen LogP contribution in [0.4, 0.5) is 4.39 Å². The van der Waals surface area contributed by atoms with Crippen molar-refractivity contribution in [3.63, 3.8) is 0 Å². The Kier molecular flexibility index (Phi) is 5.30. The normalized spacial score (nSPS) is 20.8. The van der Waals surface area contributed by atoms with Gasteiger partial charge in [0.2, 0.25) is 0 Å². The van der Waals surface area contributed by atoms with Gasteiger partial charge in [0.15, 0.2) is 0 Å². The second-order valence-corrected chi connectivity index (χ2v) is 8.89. The number of benzene rings is 1. The minimum absolute atomic E-state index is 0.115. The number of amides is 1. The molecule has 2 fully saturated rings. The summed E-state index contributed by atoms with van der Waals surface area (Å²) in [6.07, 6.45) is 1.90. The predicted molar refractivity (Wildman–Crippen MR) is 102 cm³/mol. The highest BCUT2D eigenvalue weighted by Crippen LogP contribution is 2.40. The summed E-state index contributed by atoms with van der Waals surface area (Å²) >= 11 is 1.55. The minimum atomic E-state index is -0.232. The molecular formula is C21H24FNO3S. The first-order valence-electron chi connectivity index (χ1n) is 9.35. The fourth-order valence-electron chi connectivity index (χ4n) is 3.91. The van der Waals surface area contributed by atoms with Gasteiger partial charge in [-0.2, -0.15) is 0 Å². The van der Waals surface area contributed by atoms with Crippen LogP contribution in [0.5, 0.6) is 0 Å². The van der Waals surface area contributed by atoms with Crippen LogP contribution in [0.2, 0.25) is 0 Å². The highest BCUT2D eigenvalue weighted by Gasteiger charge is 2.51. The lowest BCUT2D eigenvalue weighted by atomic mass is 9.86. The van der Waals surface area contributed by atoms with Crippen molar-refractivity contribution in [2.45, 2.75) is 32.0 Å². The maximum Gasteiger partial charge on any atom is 0.264 e. The molecule has 1 unspecified atom stereocenters. The molecule has 0 aliphatic carbocycles. The number of aryl methyl sites for hydroxylation is 1. The molecule has 6 heteroatoms. The third kappa shape index (κ3) is 4.23. The van der Waals surface area contributed by atoms with Crippen molar-refractivity contribution >= 4 is 17.2 Å². The molecule has 2 aliphatic rings. The van der Waals surface area contributed by atoms with Gasteiger partial charge in [0.05, 0.1) is 31.2 Å². The maximum absolute atomic E-state index is 13.2. The van der Waals surface area contributed by atoms with Crippen molar-refractivity contribution in [2.24, 2.45) is 5.92 Å². The van der Waals surface area contributed by atoms with Gasteiger partial charge in [-0.3, -0.25) is 4.79 Å². The highest BCUT2D eigenvalue weighted by atomic mass is 32.1. The molecule has 2 aliphatic heterocycles. The van der Waals surface area contributed by atoms with Crippen molar-refractivity contribution in [1.82, 2.24) is 4.90 Å². The van der Waals surface area contributed by atoms with Gasteiger partial charge in [0.25, 0.3) is 5.91 Å². The van der Waals surface area contributed by atoms with Gasteiger partial charge in [0.1, 0.15) is 11.4 Å². The standard InChI is InChI=1S/C21H24FNO3S/c1-15-5-6-19(27-15)20(24)23-13-21(14-23)10-17(12-26-21)7-8-25-11-16-3-2-4-18(22)9-16/h2-6,9,17H,7-8,10-14H2,1H3. The number of likely N-dealkylation sites (tertiary alicyclic amines) is 1. The molecule has 4 nitrogen and oxygen atoms in total. The molecule has 0 saturated carbocycles. The Morgan fingerprint density at radius 1 is 1.37 bits per heavy atom. The monoisotopic (exact) mass is 389 g/mol. The summed E-state index contributed by atoms with van der Waals surface area (Å²) in [6, 6.07) is 10.4. The predicted octanol–water partition coefficient (Wildman–Crippen LogP) is 4.03. The summed E-state index contributed by atoms with van der Waals surface area (Å²) in [5.41, 5.74) is 0.695. The van der Waals surface area contributed by atoms with Crippen molar-refractivity contribution in [3.8, 4) is 0 Å². The number of ether oxygens (including phenoxy) is 2. The van der Waals surface area contributed by atoms with Crippen LogP contribution in [0.25, 0.3) is 0 Å². The lowest BCUT2D eigenvalue weighted by Crippen LogP contribution is -2.63. The summed E-state index contributed by atoms with van der Waals surface area (Å²) in [4.78, 5) is 16.3. The lowest BCUT2D eigenvalue weighted by Gasteiger charge is -2.47. The Morgan fingerprint density at radius 2 is 2.22 bits per heavy atom. The third-order valence-electron chi connectivity index (χ3n) is 5.31. The number of hydrogen-bond donors (Lipinski definition) is 0. The molecule has 0 bridgehead atoms. The van der Waals surface area contributed by atoms with Crippen molar-refractivity contribution < 1.29 is 18.7 Å². The molecule has 1 amide bonds. The van der Waals surface area contributed by atoms with Crippen molar-refractivity contribution in [3.05, 3.63) is 57.5 Å². The first kappa shape index (κ1) is 18.6. The molecule has 1 aromatic heterocycles. The summed E-state index contributed by atoms with van der Waals surface area (Å²) in [6.45, 7) is 5.17. The number of nitrogens with zero attached hydrogens (tertiary/aromatic N) is 1. The quantitative estimate of drug-likeness (QED) is 0.700. The number of carbonyl (C=O) groups is 1. The van der Waals surface area contributed by atoms with E-state index in [0.29, 0.717) is 32.2 Å². The molecule has 0 N–H and O–H groups in total. The van der Waals surface area contributed by atoms with Gasteiger partial charge in [-0.1, -0.05) is 12.1 Å². The van der Waals surface area contributed by atoms with Gasteiger partial charge < -0.3 is 14.4 Å². The summed E-state index contributed by atoms with van der Waals surface area (Å²) in [5, 5.41) is 0. The number of thiophene rings is 1. The fraction of sp³-hybridized carbons (Fsp3) is 0.476. The summed E-state index contributed by atoms with van der Waals surface area (Å²) < 4.78 is 24.9. The Hall–Kier alpha value is -1.76. The van der Waals surface area contributed by atoms with E-state index in [9.17, 15) is 9.18 Å². The van der Waals surface area contributed by atoms with Gasteiger partial charge in [-0.25, -0.2) is 4.39 Å². The van der Waals surface area contributed by atoms with Gasteiger partial charge in [-0.05, 0) is 55.5 Å². The first-order chi connectivity index (χ1) is 13.0. The van der Waals surface area contributed by atoms with Crippen LogP contribution in [0.15, 0.2) is 36.4 Å². The molecule has 144 valence electrons. The molecule has 1 aromatic carbocycles. The molecular weight excluding hydrogens is 365 g/mol. The van der Waals surface area contributed by atoms with Crippen molar-refractivity contribution in [1.29, 1.82) is 0 Å². The van der Waals surface area contributed by atoms with Crippen LogP contribution < -0.4 is 0 Å². The zero-order chi connectivity index (χ0) is 18.9. The van der Waals surface area contributed by atoms with Crippen LogP contribution in [0.3, 0.4) is 0 Å². The van der Waals surface area contributed by atoms with Crippen LogP contribution >= 0.6 is 11.3 Å². The number of halogens is 1. The van der Waals surface area contributed by atoms with Crippen molar-refractivity contribution in [2.75, 3.05) is 26.3 Å².